The molecule has 7 nitrogen and oxygen atoms in total. The lowest BCUT2D eigenvalue weighted by molar-refractivity contribution is -0.385. The maximum Gasteiger partial charge on any atom is 0.311 e. The fourth-order valence-electron chi connectivity index (χ4n) is 3.13. The summed E-state index contributed by atoms with van der Waals surface area (Å²) < 4.78 is 4.95. The second-order valence-corrected chi connectivity index (χ2v) is 5.86. The fourth-order valence-corrected chi connectivity index (χ4v) is 3.13. The van der Waals surface area contributed by atoms with Gasteiger partial charge in [0, 0.05) is 24.2 Å². The summed E-state index contributed by atoms with van der Waals surface area (Å²) in [7, 11) is 1.36. The van der Waals surface area contributed by atoms with Gasteiger partial charge in [0.25, 0.3) is 5.91 Å². The van der Waals surface area contributed by atoms with Crippen molar-refractivity contribution in [3.63, 3.8) is 0 Å². The number of amides is 1. The topological polar surface area (TPSA) is 107 Å². The van der Waals surface area contributed by atoms with Gasteiger partial charge in [0.05, 0.1) is 12.0 Å². The van der Waals surface area contributed by atoms with Gasteiger partial charge in [0.2, 0.25) is 0 Å². The van der Waals surface area contributed by atoms with Gasteiger partial charge in [-0.1, -0.05) is 19.3 Å². The highest BCUT2D eigenvalue weighted by Crippen LogP contribution is 2.28. The van der Waals surface area contributed by atoms with Crippen molar-refractivity contribution in [1.82, 2.24) is 5.32 Å². The average molecular weight is 358 g/mol. The van der Waals surface area contributed by atoms with Crippen LogP contribution in [0, 0.1) is 16.0 Å². The molecule has 1 fully saturated rings. The van der Waals surface area contributed by atoms with E-state index in [9.17, 15) is 14.9 Å². The minimum absolute atomic E-state index is 0. The van der Waals surface area contributed by atoms with Gasteiger partial charge >= 0.3 is 5.69 Å². The van der Waals surface area contributed by atoms with Crippen molar-refractivity contribution in [3.05, 3.63) is 33.9 Å². The van der Waals surface area contributed by atoms with E-state index >= 15 is 0 Å². The molecule has 1 aromatic rings. The van der Waals surface area contributed by atoms with Gasteiger partial charge in [0.15, 0.2) is 5.75 Å². The molecular formula is C16H24ClN3O4. The van der Waals surface area contributed by atoms with Crippen LogP contribution in [0.2, 0.25) is 0 Å². The molecule has 1 unspecified atom stereocenters. The molecule has 8 heteroatoms. The molecule has 24 heavy (non-hydrogen) atoms. The number of nitrogens with zero attached hydrogens (tertiary/aromatic N) is 1. The van der Waals surface area contributed by atoms with Crippen molar-refractivity contribution in [1.29, 1.82) is 0 Å². The van der Waals surface area contributed by atoms with Crippen LogP contribution in [0.3, 0.4) is 0 Å². The Morgan fingerprint density at radius 3 is 2.62 bits per heavy atom. The predicted octanol–water partition coefficient (Wildman–Crippen LogP) is 2.66. The number of rotatable bonds is 6. The molecule has 0 bridgehead atoms. The van der Waals surface area contributed by atoms with Crippen molar-refractivity contribution >= 4 is 24.0 Å². The first-order valence-electron chi connectivity index (χ1n) is 7.90. The third kappa shape index (κ3) is 4.82. The summed E-state index contributed by atoms with van der Waals surface area (Å²) in [6, 6.07) is 4.10. The van der Waals surface area contributed by atoms with Crippen LogP contribution in [0.25, 0.3) is 0 Å². The van der Waals surface area contributed by atoms with Gasteiger partial charge in [-0.15, -0.1) is 12.4 Å². The van der Waals surface area contributed by atoms with Crippen LogP contribution in [-0.2, 0) is 0 Å². The van der Waals surface area contributed by atoms with E-state index in [2.05, 4.69) is 5.32 Å². The van der Waals surface area contributed by atoms with E-state index in [0.29, 0.717) is 12.5 Å². The average Bonchev–Trinajstić information content (AvgIpc) is 2.59. The minimum Gasteiger partial charge on any atom is -0.490 e. The van der Waals surface area contributed by atoms with Crippen LogP contribution in [0.15, 0.2) is 18.2 Å². The van der Waals surface area contributed by atoms with Crippen LogP contribution < -0.4 is 15.8 Å². The third-order valence-electron chi connectivity index (χ3n) is 4.43. The summed E-state index contributed by atoms with van der Waals surface area (Å²) >= 11 is 0. The Kier molecular flexibility index (Phi) is 7.94. The number of nitro benzene ring substituents is 1. The number of nitrogens with one attached hydrogen (secondary N) is 1. The lowest BCUT2D eigenvalue weighted by Gasteiger charge is -2.30. The highest BCUT2D eigenvalue weighted by molar-refractivity contribution is 5.95. The Hall–Kier alpha value is -1.86. The lowest BCUT2D eigenvalue weighted by atomic mass is 9.84. The van der Waals surface area contributed by atoms with Crippen LogP contribution in [0.4, 0.5) is 5.69 Å². The second kappa shape index (κ2) is 9.44. The summed E-state index contributed by atoms with van der Waals surface area (Å²) in [6.07, 6.45) is 5.66. The number of methoxy groups -OCH3 is 1. The summed E-state index contributed by atoms with van der Waals surface area (Å²) in [4.78, 5) is 22.9. The van der Waals surface area contributed by atoms with Crippen LogP contribution in [-0.4, -0.2) is 30.5 Å². The first-order valence-corrected chi connectivity index (χ1v) is 7.90. The quantitative estimate of drug-likeness (QED) is 0.601. The van der Waals surface area contributed by atoms with E-state index in [0.717, 1.165) is 25.7 Å². The molecule has 0 aliphatic heterocycles. The van der Waals surface area contributed by atoms with E-state index in [1.165, 1.54) is 31.7 Å². The van der Waals surface area contributed by atoms with Crippen molar-refractivity contribution in [2.45, 2.75) is 38.1 Å². The summed E-state index contributed by atoms with van der Waals surface area (Å²) in [5, 5.41) is 14.0. The molecule has 134 valence electrons. The maximum absolute atomic E-state index is 12.4. The zero-order valence-corrected chi connectivity index (χ0v) is 14.5. The molecule has 1 amide bonds. The predicted molar refractivity (Wildman–Crippen MR) is 93.8 cm³/mol. The Balaban J connectivity index is 0.00000288. The highest BCUT2D eigenvalue weighted by atomic mass is 35.5. The number of halogens is 1. The van der Waals surface area contributed by atoms with Crippen molar-refractivity contribution in [3.8, 4) is 5.75 Å². The van der Waals surface area contributed by atoms with E-state index < -0.39 is 4.92 Å². The molecule has 1 aromatic carbocycles. The van der Waals surface area contributed by atoms with E-state index in [1.807, 2.05) is 0 Å². The second-order valence-electron chi connectivity index (χ2n) is 5.86. The van der Waals surface area contributed by atoms with Gasteiger partial charge in [-0.3, -0.25) is 14.9 Å². The van der Waals surface area contributed by atoms with E-state index in [4.69, 9.17) is 10.5 Å². The molecule has 1 saturated carbocycles. The number of ether oxygens (including phenoxy) is 1. The Morgan fingerprint density at radius 2 is 2.08 bits per heavy atom. The molecule has 1 aliphatic rings. The molecule has 0 radical (unpaired) electrons. The number of carbonyl (C=O) groups is 1. The normalized spacial score (nSPS) is 15.9. The fraction of sp³-hybridized carbons (Fsp3) is 0.562. The van der Waals surface area contributed by atoms with Crippen LogP contribution in [0.5, 0.6) is 5.75 Å². The van der Waals surface area contributed by atoms with Crippen molar-refractivity contribution in [2.24, 2.45) is 11.7 Å². The number of hydrogen-bond donors (Lipinski definition) is 2. The van der Waals surface area contributed by atoms with Gasteiger partial charge in [-0.25, -0.2) is 0 Å². The van der Waals surface area contributed by atoms with Crippen molar-refractivity contribution < 1.29 is 14.5 Å². The monoisotopic (exact) mass is 357 g/mol. The molecule has 3 N–H and O–H groups in total. The molecule has 0 heterocycles. The molecular weight excluding hydrogens is 334 g/mol. The minimum atomic E-state index is -0.558. The van der Waals surface area contributed by atoms with E-state index in [-0.39, 0.29) is 41.4 Å². The number of nitrogens with two attached hydrogens (primary N) is 1. The Bertz CT molecular complexity index is 576. The van der Waals surface area contributed by atoms with Gasteiger partial charge in [-0.05, 0) is 30.9 Å². The third-order valence-corrected chi connectivity index (χ3v) is 4.43. The summed E-state index contributed by atoms with van der Waals surface area (Å²) in [5.74, 6) is 0.178. The molecule has 0 spiro atoms. The molecule has 1 atom stereocenters. The van der Waals surface area contributed by atoms with Crippen LogP contribution in [0.1, 0.15) is 42.5 Å². The lowest BCUT2D eigenvalue weighted by Crippen LogP contribution is -2.45. The number of nitro groups is 1. The SMILES string of the molecule is COc1ccc(C(=O)NC(CN)C2CCCCC2)cc1[N+](=O)[O-].Cl. The van der Waals surface area contributed by atoms with Gasteiger partial charge in [-0.2, -0.15) is 0 Å². The molecule has 2 rings (SSSR count). The number of carbonyl (C=O) groups excluding carboxylic acids is 1. The zero-order valence-electron chi connectivity index (χ0n) is 13.7. The van der Waals surface area contributed by atoms with E-state index in [1.54, 1.807) is 0 Å². The van der Waals surface area contributed by atoms with Crippen molar-refractivity contribution in [2.75, 3.05) is 13.7 Å². The largest absolute Gasteiger partial charge is 0.490 e. The first-order chi connectivity index (χ1) is 11.1. The summed E-state index contributed by atoms with van der Waals surface area (Å²) in [6.45, 7) is 0.370. The highest BCUT2D eigenvalue weighted by Gasteiger charge is 2.25. The Morgan fingerprint density at radius 1 is 1.42 bits per heavy atom. The smallest absolute Gasteiger partial charge is 0.311 e. The van der Waals surface area contributed by atoms with Gasteiger partial charge in [0.1, 0.15) is 0 Å². The van der Waals surface area contributed by atoms with Gasteiger partial charge < -0.3 is 15.8 Å². The zero-order chi connectivity index (χ0) is 16.8. The number of benzene rings is 1. The molecule has 1 aliphatic carbocycles. The first kappa shape index (κ1) is 20.2. The standard InChI is InChI=1S/C16H23N3O4.ClH/c1-23-15-8-7-12(9-14(15)19(21)22)16(20)18-13(10-17)11-5-3-2-4-6-11;/h7-9,11,13H,2-6,10,17H2,1H3,(H,18,20);1H. The summed E-state index contributed by atoms with van der Waals surface area (Å²) in [5.41, 5.74) is 5.83. The molecule has 0 saturated heterocycles. The molecule has 0 aromatic heterocycles. The number of hydrogen-bond acceptors (Lipinski definition) is 5. The Labute approximate surface area is 147 Å². The maximum atomic E-state index is 12.4. The van der Waals surface area contributed by atoms with Crippen LogP contribution >= 0.6 is 12.4 Å².